The highest BCUT2D eigenvalue weighted by molar-refractivity contribution is 8.00. The predicted octanol–water partition coefficient (Wildman–Crippen LogP) is 4.26. The molecular formula is C16H13F3N2O3S2. The monoisotopic (exact) mass is 402 g/mol. The Hall–Kier alpha value is -2.07. The van der Waals surface area contributed by atoms with Gasteiger partial charge in [0.05, 0.1) is 26.4 Å². The standard InChI is InChI=1S/C16H13F3N2O3S2/c1-7-14(22)21-10-5-9(3-4-11(10)25-7)15(23)24-6-12-13(16(17,18)19)20-8(2)26-12/h3-5,7H,6H2,1-2H3,(H,21,22)/t7-/m1/s1. The number of ether oxygens (including phenoxy) is 1. The van der Waals surface area contributed by atoms with E-state index in [1.807, 2.05) is 0 Å². The first-order chi connectivity index (χ1) is 12.1. The summed E-state index contributed by atoms with van der Waals surface area (Å²) >= 11 is 2.20. The van der Waals surface area contributed by atoms with Gasteiger partial charge in [-0.2, -0.15) is 13.2 Å². The van der Waals surface area contributed by atoms with Crippen LogP contribution >= 0.6 is 23.1 Å². The largest absolute Gasteiger partial charge is 0.456 e. The number of thioether (sulfide) groups is 1. The number of aryl methyl sites for hydroxylation is 1. The summed E-state index contributed by atoms with van der Waals surface area (Å²) in [5.41, 5.74) is -0.401. The van der Waals surface area contributed by atoms with Gasteiger partial charge in [-0.3, -0.25) is 4.79 Å². The number of halogens is 3. The van der Waals surface area contributed by atoms with E-state index in [0.29, 0.717) is 5.69 Å². The first-order valence-corrected chi connectivity index (χ1v) is 9.17. The maximum atomic E-state index is 12.9. The molecule has 1 aromatic heterocycles. The molecule has 0 saturated heterocycles. The SMILES string of the molecule is Cc1nc(C(F)(F)F)c(COC(=O)c2ccc3c(c2)NC(=O)[C@@H](C)S3)s1. The van der Waals surface area contributed by atoms with Crippen LogP contribution in [-0.2, 0) is 22.3 Å². The Morgan fingerprint density at radius 1 is 1.38 bits per heavy atom. The zero-order valence-electron chi connectivity index (χ0n) is 13.6. The summed E-state index contributed by atoms with van der Waals surface area (Å²) < 4.78 is 43.8. The molecule has 1 amide bonds. The van der Waals surface area contributed by atoms with Gasteiger partial charge < -0.3 is 10.1 Å². The fourth-order valence-corrected chi connectivity index (χ4v) is 4.14. The number of nitrogens with zero attached hydrogens (tertiary/aromatic N) is 1. The summed E-state index contributed by atoms with van der Waals surface area (Å²) in [6.07, 6.45) is -4.60. The lowest BCUT2D eigenvalue weighted by Gasteiger charge is -2.21. The molecule has 0 unspecified atom stereocenters. The fraction of sp³-hybridized carbons (Fsp3) is 0.312. The van der Waals surface area contributed by atoms with Crippen molar-refractivity contribution < 1.29 is 27.5 Å². The van der Waals surface area contributed by atoms with Gasteiger partial charge in [-0.1, -0.05) is 0 Å². The van der Waals surface area contributed by atoms with Gasteiger partial charge in [-0.25, -0.2) is 9.78 Å². The first kappa shape index (κ1) is 18.7. The summed E-state index contributed by atoms with van der Waals surface area (Å²) in [5.74, 6) is -0.951. The highest BCUT2D eigenvalue weighted by Crippen LogP contribution is 2.37. The van der Waals surface area contributed by atoms with Gasteiger partial charge in [-0.15, -0.1) is 23.1 Å². The van der Waals surface area contributed by atoms with Crippen molar-refractivity contribution in [3.05, 3.63) is 39.3 Å². The van der Waals surface area contributed by atoms with Crippen molar-refractivity contribution in [2.45, 2.75) is 36.8 Å². The Morgan fingerprint density at radius 2 is 2.12 bits per heavy atom. The van der Waals surface area contributed by atoms with Crippen molar-refractivity contribution in [1.29, 1.82) is 0 Å². The van der Waals surface area contributed by atoms with Crippen LogP contribution in [-0.4, -0.2) is 22.1 Å². The summed E-state index contributed by atoms with van der Waals surface area (Å²) in [4.78, 5) is 28.0. The second-order valence-corrected chi connectivity index (χ2v) is 8.21. The van der Waals surface area contributed by atoms with Crippen LogP contribution in [0.4, 0.5) is 18.9 Å². The number of nitrogens with one attached hydrogen (secondary N) is 1. The molecule has 1 aliphatic rings. The number of fused-ring (bicyclic) bond motifs is 1. The lowest BCUT2D eigenvalue weighted by atomic mass is 10.2. The molecule has 0 saturated carbocycles. The van der Waals surface area contributed by atoms with E-state index in [9.17, 15) is 22.8 Å². The Balaban J connectivity index is 1.74. The highest BCUT2D eigenvalue weighted by atomic mass is 32.2. The van der Waals surface area contributed by atoms with E-state index in [0.717, 1.165) is 16.2 Å². The van der Waals surface area contributed by atoms with Crippen LogP contribution in [0.2, 0.25) is 0 Å². The van der Waals surface area contributed by atoms with Crippen LogP contribution in [0.25, 0.3) is 0 Å². The van der Waals surface area contributed by atoms with Crippen LogP contribution in [0.15, 0.2) is 23.1 Å². The van der Waals surface area contributed by atoms with E-state index in [-0.39, 0.29) is 26.6 Å². The third kappa shape index (κ3) is 3.85. The summed E-state index contributed by atoms with van der Waals surface area (Å²) in [5, 5.41) is 2.69. The van der Waals surface area contributed by atoms with Crippen molar-refractivity contribution in [2.24, 2.45) is 0 Å². The zero-order chi connectivity index (χ0) is 19.1. The van der Waals surface area contributed by atoms with Crippen LogP contribution in [0, 0.1) is 6.92 Å². The van der Waals surface area contributed by atoms with Crippen LogP contribution in [0.3, 0.4) is 0 Å². The topological polar surface area (TPSA) is 68.3 Å². The molecular weight excluding hydrogens is 389 g/mol. The number of hydrogen-bond donors (Lipinski definition) is 1. The number of anilines is 1. The molecule has 2 aromatic rings. The zero-order valence-corrected chi connectivity index (χ0v) is 15.3. The Kier molecular flexibility index (Phi) is 4.98. The van der Waals surface area contributed by atoms with E-state index in [1.165, 1.54) is 30.8 Å². The maximum Gasteiger partial charge on any atom is 0.434 e. The van der Waals surface area contributed by atoms with Gasteiger partial charge >= 0.3 is 12.1 Å². The second-order valence-electron chi connectivity index (χ2n) is 5.54. The first-order valence-electron chi connectivity index (χ1n) is 7.47. The van der Waals surface area contributed by atoms with Crippen molar-refractivity contribution in [3.63, 3.8) is 0 Å². The number of aromatic nitrogens is 1. The van der Waals surface area contributed by atoms with Crippen LogP contribution < -0.4 is 5.32 Å². The number of alkyl halides is 3. The molecule has 10 heteroatoms. The van der Waals surface area contributed by atoms with E-state index in [2.05, 4.69) is 10.3 Å². The summed E-state index contributed by atoms with van der Waals surface area (Å²) in [7, 11) is 0. The molecule has 0 radical (unpaired) electrons. The van der Waals surface area contributed by atoms with E-state index in [1.54, 1.807) is 13.0 Å². The Labute approximate surface area is 155 Å². The molecule has 138 valence electrons. The van der Waals surface area contributed by atoms with Gasteiger partial charge in [0.25, 0.3) is 0 Å². The molecule has 3 rings (SSSR count). The van der Waals surface area contributed by atoms with Gasteiger partial charge in [-0.05, 0) is 32.0 Å². The highest BCUT2D eigenvalue weighted by Gasteiger charge is 2.37. The lowest BCUT2D eigenvalue weighted by Crippen LogP contribution is -2.26. The number of thiazole rings is 1. The minimum atomic E-state index is -4.60. The molecule has 0 aliphatic carbocycles. The van der Waals surface area contributed by atoms with Gasteiger partial charge in [0.2, 0.25) is 5.91 Å². The average Bonchev–Trinajstić information content (AvgIpc) is 2.94. The smallest absolute Gasteiger partial charge is 0.434 e. The molecule has 0 spiro atoms. The van der Waals surface area contributed by atoms with Crippen molar-refractivity contribution >= 4 is 40.7 Å². The molecule has 2 heterocycles. The summed E-state index contributed by atoms with van der Waals surface area (Å²) in [6, 6.07) is 4.64. The quantitative estimate of drug-likeness (QED) is 0.777. The predicted molar refractivity (Wildman–Crippen MR) is 91.4 cm³/mol. The minimum Gasteiger partial charge on any atom is -0.456 e. The Bertz CT molecular complexity index is 880. The Morgan fingerprint density at radius 3 is 2.81 bits per heavy atom. The number of hydrogen-bond acceptors (Lipinski definition) is 6. The molecule has 26 heavy (non-hydrogen) atoms. The van der Waals surface area contributed by atoms with Crippen molar-refractivity contribution in [3.8, 4) is 0 Å². The van der Waals surface area contributed by atoms with E-state index >= 15 is 0 Å². The van der Waals surface area contributed by atoms with Gasteiger partial charge in [0, 0.05) is 4.90 Å². The number of benzene rings is 1. The number of amides is 1. The van der Waals surface area contributed by atoms with Crippen LogP contribution in [0.1, 0.15) is 32.9 Å². The second kappa shape index (κ2) is 6.92. The normalized spacial score (nSPS) is 16.8. The molecule has 1 aromatic carbocycles. The molecule has 1 N–H and O–H groups in total. The lowest BCUT2D eigenvalue weighted by molar-refractivity contribution is -0.141. The molecule has 0 fully saturated rings. The maximum absolute atomic E-state index is 12.9. The number of carbonyl (C=O) groups is 2. The van der Waals surface area contributed by atoms with Crippen molar-refractivity contribution in [1.82, 2.24) is 4.98 Å². The molecule has 1 aliphatic heterocycles. The average molecular weight is 402 g/mol. The van der Waals surface area contributed by atoms with E-state index in [4.69, 9.17) is 4.74 Å². The number of esters is 1. The number of carbonyl (C=O) groups excluding carboxylic acids is 2. The summed E-state index contributed by atoms with van der Waals surface area (Å²) in [6.45, 7) is 2.70. The molecule has 1 atom stereocenters. The van der Waals surface area contributed by atoms with Gasteiger partial charge in [0.1, 0.15) is 6.61 Å². The minimum absolute atomic E-state index is 0.147. The third-order valence-corrected chi connectivity index (χ3v) is 5.68. The van der Waals surface area contributed by atoms with Gasteiger partial charge in [0.15, 0.2) is 5.69 Å². The van der Waals surface area contributed by atoms with Crippen LogP contribution in [0.5, 0.6) is 0 Å². The van der Waals surface area contributed by atoms with E-state index < -0.39 is 24.4 Å². The third-order valence-electron chi connectivity index (χ3n) is 3.55. The fourth-order valence-electron chi connectivity index (χ4n) is 2.34. The van der Waals surface area contributed by atoms with Crippen molar-refractivity contribution in [2.75, 3.05) is 5.32 Å². The molecule has 5 nitrogen and oxygen atoms in total. The molecule has 0 bridgehead atoms. The number of rotatable bonds is 3.